The molecule has 0 radical (unpaired) electrons. The molecule has 186 valence electrons. The molecule has 0 bridgehead atoms. The molecular formula is C25H36ClN5O3. The van der Waals surface area contributed by atoms with Crippen molar-refractivity contribution in [2.45, 2.75) is 65.5 Å². The number of nitrogens with zero attached hydrogens (tertiary/aromatic N) is 3. The van der Waals surface area contributed by atoms with Gasteiger partial charge in [-0.3, -0.25) is 14.5 Å². The van der Waals surface area contributed by atoms with Crippen LogP contribution in [0.4, 0.5) is 5.69 Å². The number of benzene rings is 1. The predicted molar refractivity (Wildman–Crippen MR) is 138 cm³/mol. The number of pyridine rings is 1. The van der Waals surface area contributed by atoms with Gasteiger partial charge in [0.15, 0.2) is 5.96 Å². The standard InChI is InChI=1S/C20H22ClN5O2.C3H8O.C2H6/c1-3-9-20(11-17(27)26(2)19(22)25-20)13-5-4-6-15(10-13)24-18(28)16-8-7-14(21)12-23-16;1-3(2)4;1-2/h4-8,10,12H,3,9,11H2,1-2H3,(H2,22,25)(H,24,28);3-4H,1-2H3;1-2H3/t20-;;/m0../s1. The summed E-state index contributed by atoms with van der Waals surface area (Å²) in [5.41, 5.74) is 6.94. The Hall–Kier alpha value is -2.97. The Morgan fingerprint density at radius 1 is 1.29 bits per heavy atom. The highest BCUT2D eigenvalue weighted by molar-refractivity contribution is 6.30. The highest BCUT2D eigenvalue weighted by Crippen LogP contribution is 2.38. The van der Waals surface area contributed by atoms with Gasteiger partial charge in [-0.15, -0.1) is 0 Å². The molecule has 1 aromatic heterocycles. The van der Waals surface area contributed by atoms with Crippen LogP contribution in [-0.2, 0) is 10.3 Å². The molecule has 0 spiro atoms. The summed E-state index contributed by atoms with van der Waals surface area (Å²) in [6.07, 6.45) is 2.99. The minimum Gasteiger partial charge on any atom is -0.394 e. The molecule has 0 saturated carbocycles. The van der Waals surface area contributed by atoms with Gasteiger partial charge in [0.05, 0.1) is 17.0 Å². The fourth-order valence-corrected chi connectivity index (χ4v) is 3.40. The number of carbonyl (C=O) groups is 2. The van der Waals surface area contributed by atoms with Crippen molar-refractivity contribution in [2.75, 3.05) is 12.4 Å². The number of aromatic nitrogens is 1. The molecule has 1 atom stereocenters. The van der Waals surface area contributed by atoms with E-state index in [4.69, 9.17) is 22.4 Å². The molecule has 2 heterocycles. The van der Waals surface area contributed by atoms with Crippen molar-refractivity contribution in [3.8, 4) is 0 Å². The Balaban J connectivity index is 0.000000872. The summed E-state index contributed by atoms with van der Waals surface area (Å²) in [6, 6.07) is 10.5. The molecule has 0 unspecified atom stereocenters. The fourth-order valence-electron chi connectivity index (χ4n) is 3.29. The van der Waals surface area contributed by atoms with Crippen molar-refractivity contribution in [3.63, 3.8) is 0 Å². The molecule has 4 N–H and O–H groups in total. The highest BCUT2D eigenvalue weighted by atomic mass is 35.5. The number of anilines is 1. The van der Waals surface area contributed by atoms with Gasteiger partial charge in [-0.1, -0.05) is 50.9 Å². The first-order valence-electron chi connectivity index (χ1n) is 11.4. The van der Waals surface area contributed by atoms with Crippen molar-refractivity contribution in [2.24, 2.45) is 10.7 Å². The number of guanidine groups is 1. The monoisotopic (exact) mass is 489 g/mol. The fraction of sp³-hybridized carbons (Fsp3) is 0.440. The molecule has 2 amide bonds. The van der Waals surface area contributed by atoms with Crippen LogP contribution < -0.4 is 11.1 Å². The largest absolute Gasteiger partial charge is 0.394 e. The van der Waals surface area contributed by atoms with Gasteiger partial charge in [-0.05, 0) is 50.1 Å². The van der Waals surface area contributed by atoms with Gasteiger partial charge >= 0.3 is 0 Å². The third-order valence-corrected chi connectivity index (χ3v) is 4.99. The number of nitrogens with two attached hydrogens (primary N) is 1. The number of aliphatic hydroxyl groups is 1. The van der Waals surface area contributed by atoms with Crippen molar-refractivity contribution in [3.05, 3.63) is 58.9 Å². The lowest BCUT2D eigenvalue weighted by atomic mass is 9.81. The number of carbonyl (C=O) groups excluding carboxylic acids is 2. The molecule has 9 heteroatoms. The zero-order valence-electron chi connectivity index (χ0n) is 20.8. The number of rotatable bonds is 5. The van der Waals surface area contributed by atoms with Crippen LogP contribution in [0.15, 0.2) is 47.6 Å². The smallest absolute Gasteiger partial charge is 0.274 e. The summed E-state index contributed by atoms with van der Waals surface area (Å²) in [6.45, 7) is 9.48. The lowest BCUT2D eigenvalue weighted by molar-refractivity contribution is -0.128. The Morgan fingerprint density at radius 2 is 1.94 bits per heavy atom. The number of hydrogen-bond acceptors (Lipinski definition) is 6. The van der Waals surface area contributed by atoms with E-state index in [2.05, 4.69) is 15.3 Å². The number of hydrogen-bond donors (Lipinski definition) is 3. The zero-order chi connectivity index (χ0) is 25.9. The van der Waals surface area contributed by atoms with Gasteiger partial charge in [-0.2, -0.15) is 0 Å². The molecule has 1 aliphatic rings. The average molecular weight is 490 g/mol. The Morgan fingerprint density at radius 3 is 2.47 bits per heavy atom. The third-order valence-electron chi connectivity index (χ3n) is 4.77. The molecule has 0 saturated heterocycles. The normalized spacial score (nSPS) is 17.1. The van der Waals surface area contributed by atoms with Crippen LogP contribution in [0.1, 0.15) is 69.9 Å². The molecule has 1 aromatic carbocycles. The lowest BCUT2D eigenvalue weighted by Gasteiger charge is -2.36. The van der Waals surface area contributed by atoms with Crippen LogP contribution in [0.25, 0.3) is 0 Å². The summed E-state index contributed by atoms with van der Waals surface area (Å²) in [5, 5.41) is 11.3. The van der Waals surface area contributed by atoms with E-state index in [0.29, 0.717) is 17.1 Å². The van der Waals surface area contributed by atoms with E-state index >= 15 is 0 Å². The lowest BCUT2D eigenvalue weighted by Crippen LogP contribution is -2.48. The van der Waals surface area contributed by atoms with Crippen molar-refractivity contribution in [1.82, 2.24) is 9.88 Å². The van der Waals surface area contributed by atoms with E-state index in [0.717, 1.165) is 12.0 Å². The Bertz CT molecular complexity index is 976. The Labute approximate surface area is 207 Å². The maximum Gasteiger partial charge on any atom is 0.274 e. The first kappa shape index (κ1) is 29.1. The van der Waals surface area contributed by atoms with Crippen LogP contribution in [0.5, 0.6) is 0 Å². The van der Waals surface area contributed by atoms with E-state index in [-0.39, 0.29) is 36.0 Å². The van der Waals surface area contributed by atoms with Crippen LogP contribution in [-0.4, -0.2) is 45.9 Å². The molecule has 34 heavy (non-hydrogen) atoms. The quantitative estimate of drug-likeness (QED) is 0.567. The second-order valence-electron chi connectivity index (χ2n) is 7.87. The summed E-state index contributed by atoms with van der Waals surface area (Å²) in [5.74, 6) is -0.230. The van der Waals surface area contributed by atoms with Gasteiger partial charge < -0.3 is 16.2 Å². The maximum atomic E-state index is 12.4. The van der Waals surface area contributed by atoms with Gasteiger partial charge in [0.2, 0.25) is 5.91 Å². The van der Waals surface area contributed by atoms with Crippen molar-refractivity contribution in [1.29, 1.82) is 0 Å². The molecular weight excluding hydrogens is 454 g/mol. The minimum absolute atomic E-state index is 0.0826. The van der Waals surface area contributed by atoms with Crippen molar-refractivity contribution < 1.29 is 14.7 Å². The molecule has 0 fully saturated rings. The van der Waals surface area contributed by atoms with E-state index in [9.17, 15) is 9.59 Å². The topological polar surface area (TPSA) is 121 Å². The third kappa shape index (κ3) is 8.11. The highest BCUT2D eigenvalue weighted by Gasteiger charge is 2.39. The van der Waals surface area contributed by atoms with E-state index in [1.165, 1.54) is 11.1 Å². The number of aliphatic hydroxyl groups excluding tert-OH is 1. The first-order valence-corrected chi connectivity index (χ1v) is 11.8. The molecule has 1 aliphatic heterocycles. The average Bonchev–Trinajstić information content (AvgIpc) is 2.79. The number of halogens is 1. The van der Waals surface area contributed by atoms with Gasteiger partial charge in [0, 0.05) is 25.0 Å². The maximum absolute atomic E-state index is 12.4. The second kappa shape index (κ2) is 13.7. The first-order chi connectivity index (χ1) is 16.1. The van der Waals surface area contributed by atoms with Gasteiger partial charge in [0.1, 0.15) is 5.69 Å². The number of nitrogens with one attached hydrogen (secondary N) is 1. The number of aliphatic imine (C=N–C) groups is 1. The zero-order valence-corrected chi connectivity index (χ0v) is 21.6. The Kier molecular flexibility index (Phi) is 11.7. The van der Waals surface area contributed by atoms with Crippen LogP contribution in [0.3, 0.4) is 0 Å². The molecule has 3 rings (SSSR count). The SMILES string of the molecule is CC.CC(C)O.CCC[C@@]1(c2cccc(NC(=O)c3ccc(Cl)cn3)c2)CC(=O)N(C)C(N)=N1. The number of amides is 2. The van der Waals surface area contributed by atoms with E-state index in [1.807, 2.05) is 39.0 Å². The van der Waals surface area contributed by atoms with E-state index in [1.54, 1.807) is 39.1 Å². The molecule has 0 aliphatic carbocycles. The summed E-state index contributed by atoms with van der Waals surface area (Å²) in [7, 11) is 1.62. The summed E-state index contributed by atoms with van der Waals surface area (Å²) in [4.78, 5) is 34.9. The van der Waals surface area contributed by atoms with Crippen LogP contribution in [0.2, 0.25) is 5.02 Å². The van der Waals surface area contributed by atoms with Crippen LogP contribution >= 0.6 is 11.6 Å². The predicted octanol–water partition coefficient (Wildman–Crippen LogP) is 4.57. The minimum atomic E-state index is -0.734. The van der Waals surface area contributed by atoms with Crippen LogP contribution in [0, 0.1) is 0 Å². The summed E-state index contributed by atoms with van der Waals surface area (Å²) >= 11 is 5.81. The van der Waals surface area contributed by atoms with Gasteiger partial charge in [-0.25, -0.2) is 9.98 Å². The van der Waals surface area contributed by atoms with Crippen molar-refractivity contribution >= 4 is 35.1 Å². The van der Waals surface area contributed by atoms with E-state index < -0.39 is 5.54 Å². The molecule has 2 aromatic rings. The second-order valence-corrected chi connectivity index (χ2v) is 8.31. The molecule has 8 nitrogen and oxygen atoms in total. The summed E-state index contributed by atoms with van der Waals surface area (Å²) < 4.78 is 0. The van der Waals surface area contributed by atoms with Gasteiger partial charge in [0.25, 0.3) is 5.91 Å².